The van der Waals surface area contributed by atoms with Gasteiger partial charge in [0.25, 0.3) is 12.5 Å². The molecule has 0 bridgehead atoms. The van der Waals surface area contributed by atoms with E-state index in [0.717, 1.165) is 11.8 Å². The van der Waals surface area contributed by atoms with Crippen molar-refractivity contribution in [2.75, 3.05) is 12.8 Å². The van der Waals surface area contributed by atoms with E-state index in [9.17, 15) is 14.9 Å². The molecule has 0 saturated heterocycles. The molecule has 5 nitrogen and oxygen atoms in total. The fraction of sp³-hybridized carbons (Fsp3) is 0.200. The Morgan fingerprint density at radius 3 is 2.56 bits per heavy atom. The first-order chi connectivity index (χ1) is 7.63. The number of benzene rings is 1. The quantitative estimate of drug-likeness (QED) is 0.349. The molecule has 1 aromatic rings. The van der Waals surface area contributed by atoms with E-state index in [-0.39, 0.29) is 5.04 Å². The SMILES string of the molecule is CSC(C[N+](=O)[O-])=NC(=O)c1ccccc1. The van der Waals surface area contributed by atoms with Gasteiger partial charge in [0, 0.05) is 10.5 Å². The second-order valence-electron chi connectivity index (χ2n) is 2.87. The number of nitrogens with zero attached hydrogens (tertiary/aromatic N) is 2. The molecular formula is C10H10N2O3S. The summed E-state index contributed by atoms with van der Waals surface area (Å²) in [5, 5.41) is 10.5. The molecule has 0 saturated carbocycles. The molecule has 1 amide bonds. The second kappa shape index (κ2) is 6.02. The Bertz CT molecular complexity index is 417. The van der Waals surface area contributed by atoms with E-state index in [0.29, 0.717) is 5.56 Å². The molecule has 1 aromatic carbocycles. The lowest BCUT2D eigenvalue weighted by atomic mass is 10.2. The zero-order chi connectivity index (χ0) is 12.0. The molecule has 0 radical (unpaired) electrons. The number of hydrogen-bond acceptors (Lipinski definition) is 4. The van der Waals surface area contributed by atoms with Gasteiger partial charge >= 0.3 is 0 Å². The van der Waals surface area contributed by atoms with Crippen LogP contribution in [0.25, 0.3) is 0 Å². The van der Waals surface area contributed by atoms with Gasteiger partial charge in [-0.2, -0.15) is 4.99 Å². The third kappa shape index (κ3) is 3.82. The third-order valence-corrected chi connectivity index (χ3v) is 2.44. The van der Waals surface area contributed by atoms with Crippen LogP contribution in [0.2, 0.25) is 0 Å². The largest absolute Gasteiger partial charge is 0.277 e. The van der Waals surface area contributed by atoms with Crippen LogP contribution in [0.5, 0.6) is 0 Å². The number of carbonyl (C=O) groups is 1. The van der Waals surface area contributed by atoms with Crippen molar-refractivity contribution < 1.29 is 9.72 Å². The average Bonchev–Trinajstić information content (AvgIpc) is 2.28. The highest BCUT2D eigenvalue weighted by Gasteiger charge is 2.10. The van der Waals surface area contributed by atoms with Gasteiger partial charge in [-0.25, -0.2) is 0 Å². The smallest absolute Gasteiger partial charge is 0.267 e. The van der Waals surface area contributed by atoms with Gasteiger partial charge in [0.15, 0.2) is 0 Å². The zero-order valence-electron chi connectivity index (χ0n) is 8.62. The Hall–Kier alpha value is -1.69. The monoisotopic (exact) mass is 238 g/mol. The summed E-state index contributed by atoms with van der Waals surface area (Å²) in [6.07, 6.45) is 1.65. The molecule has 0 N–H and O–H groups in total. The van der Waals surface area contributed by atoms with Crippen LogP contribution in [0.3, 0.4) is 0 Å². The van der Waals surface area contributed by atoms with Crippen molar-refractivity contribution in [1.29, 1.82) is 0 Å². The van der Waals surface area contributed by atoms with Crippen LogP contribution in [0, 0.1) is 10.1 Å². The normalized spacial score (nSPS) is 11.2. The Morgan fingerprint density at radius 2 is 2.06 bits per heavy atom. The fourth-order valence-corrected chi connectivity index (χ4v) is 1.42. The first-order valence-electron chi connectivity index (χ1n) is 4.46. The Kier molecular flexibility index (Phi) is 4.65. The highest BCUT2D eigenvalue weighted by atomic mass is 32.2. The first kappa shape index (κ1) is 12.4. The average molecular weight is 238 g/mol. The fourth-order valence-electron chi connectivity index (χ4n) is 1.01. The maximum atomic E-state index is 11.6. The minimum atomic E-state index is -0.506. The molecule has 0 atom stereocenters. The molecule has 16 heavy (non-hydrogen) atoms. The van der Waals surface area contributed by atoms with Crippen molar-refractivity contribution in [1.82, 2.24) is 0 Å². The van der Waals surface area contributed by atoms with E-state index in [1.54, 1.807) is 36.6 Å². The van der Waals surface area contributed by atoms with E-state index in [1.165, 1.54) is 0 Å². The molecule has 0 aliphatic rings. The lowest BCUT2D eigenvalue weighted by molar-refractivity contribution is -0.462. The Morgan fingerprint density at radius 1 is 1.44 bits per heavy atom. The van der Waals surface area contributed by atoms with Crippen molar-refractivity contribution in [2.45, 2.75) is 0 Å². The van der Waals surface area contributed by atoms with E-state index in [4.69, 9.17) is 0 Å². The summed E-state index contributed by atoms with van der Waals surface area (Å²) in [6, 6.07) is 8.46. The summed E-state index contributed by atoms with van der Waals surface area (Å²) < 4.78 is 0. The summed E-state index contributed by atoms with van der Waals surface area (Å²) in [5.74, 6) is -0.452. The van der Waals surface area contributed by atoms with Crippen LogP contribution in [0.1, 0.15) is 10.4 Å². The molecule has 0 aliphatic heterocycles. The van der Waals surface area contributed by atoms with E-state index in [2.05, 4.69) is 4.99 Å². The topological polar surface area (TPSA) is 72.6 Å². The maximum absolute atomic E-state index is 11.6. The van der Waals surface area contributed by atoms with Crippen LogP contribution in [0.4, 0.5) is 0 Å². The van der Waals surface area contributed by atoms with Crippen LogP contribution in [-0.4, -0.2) is 28.7 Å². The van der Waals surface area contributed by atoms with Gasteiger partial charge in [-0.05, 0) is 18.4 Å². The molecule has 0 aromatic heterocycles. The van der Waals surface area contributed by atoms with Gasteiger partial charge in [0.1, 0.15) is 5.04 Å². The molecule has 0 unspecified atom stereocenters. The van der Waals surface area contributed by atoms with Crippen molar-refractivity contribution in [3.8, 4) is 0 Å². The summed E-state index contributed by atoms with van der Waals surface area (Å²) >= 11 is 1.11. The third-order valence-electron chi connectivity index (χ3n) is 1.75. The van der Waals surface area contributed by atoms with Crippen molar-refractivity contribution >= 4 is 22.7 Å². The van der Waals surface area contributed by atoms with Crippen LogP contribution in [-0.2, 0) is 0 Å². The Balaban J connectivity index is 2.82. The van der Waals surface area contributed by atoms with Crippen LogP contribution < -0.4 is 0 Å². The number of carbonyl (C=O) groups excluding carboxylic acids is 1. The summed E-state index contributed by atoms with van der Waals surface area (Å²) in [4.78, 5) is 25.1. The van der Waals surface area contributed by atoms with Crippen molar-refractivity contribution in [2.24, 2.45) is 4.99 Å². The predicted octanol–water partition coefficient (Wildman–Crippen LogP) is 1.86. The number of rotatable bonds is 3. The van der Waals surface area contributed by atoms with Gasteiger partial charge in [-0.15, -0.1) is 11.8 Å². The number of aliphatic imine (C=N–C) groups is 1. The molecular weight excluding hydrogens is 228 g/mol. The van der Waals surface area contributed by atoms with Gasteiger partial charge < -0.3 is 0 Å². The number of nitro groups is 1. The summed E-state index contributed by atoms with van der Waals surface area (Å²) in [6.45, 7) is -0.417. The molecule has 1 rings (SSSR count). The molecule has 84 valence electrons. The maximum Gasteiger partial charge on any atom is 0.277 e. The van der Waals surface area contributed by atoms with E-state index >= 15 is 0 Å². The molecule has 0 fully saturated rings. The lowest BCUT2D eigenvalue weighted by Crippen LogP contribution is -2.12. The highest BCUT2D eigenvalue weighted by molar-refractivity contribution is 8.13. The standard InChI is InChI=1S/C10H10N2O3S/c1-16-9(7-12(14)15)11-10(13)8-5-3-2-4-6-8/h2-6H,7H2,1H3. The molecule has 0 heterocycles. The minimum Gasteiger partial charge on any atom is -0.267 e. The lowest BCUT2D eigenvalue weighted by Gasteiger charge is -1.97. The van der Waals surface area contributed by atoms with Crippen molar-refractivity contribution in [3.63, 3.8) is 0 Å². The highest BCUT2D eigenvalue weighted by Crippen LogP contribution is 2.05. The molecule has 0 spiro atoms. The van der Waals surface area contributed by atoms with Crippen LogP contribution >= 0.6 is 11.8 Å². The zero-order valence-corrected chi connectivity index (χ0v) is 9.44. The number of thioether (sulfide) groups is 1. The Labute approximate surface area is 96.7 Å². The van der Waals surface area contributed by atoms with E-state index < -0.39 is 17.4 Å². The predicted molar refractivity (Wildman–Crippen MR) is 63.6 cm³/mol. The molecule has 6 heteroatoms. The van der Waals surface area contributed by atoms with Gasteiger partial charge in [0.05, 0.1) is 0 Å². The number of amides is 1. The number of hydrogen-bond donors (Lipinski definition) is 0. The van der Waals surface area contributed by atoms with Gasteiger partial charge in [-0.1, -0.05) is 18.2 Å². The van der Waals surface area contributed by atoms with E-state index in [1.807, 2.05) is 0 Å². The molecule has 0 aliphatic carbocycles. The van der Waals surface area contributed by atoms with Gasteiger partial charge in [0.2, 0.25) is 0 Å². The first-order valence-corrected chi connectivity index (χ1v) is 5.68. The van der Waals surface area contributed by atoms with Crippen molar-refractivity contribution in [3.05, 3.63) is 46.0 Å². The minimum absolute atomic E-state index is 0.207. The summed E-state index contributed by atoms with van der Waals surface area (Å²) in [7, 11) is 0. The second-order valence-corrected chi connectivity index (χ2v) is 3.75. The van der Waals surface area contributed by atoms with Gasteiger partial charge in [-0.3, -0.25) is 14.9 Å². The summed E-state index contributed by atoms with van der Waals surface area (Å²) in [5.41, 5.74) is 0.428. The van der Waals surface area contributed by atoms with Crippen LogP contribution in [0.15, 0.2) is 35.3 Å².